The summed E-state index contributed by atoms with van der Waals surface area (Å²) in [6, 6.07) is 4.48. The number of halogens is 1. The summed E-state index contributed by atoms with van der Waals surface area (Å²) in [7, 11) is 0. The first-order chi connectivity index (χ1) is 6.54. The van der Waals surface area contributed by atoms with Crippen LogP contribution in [-0.2, 0) is 4.74 Å². The molecule has 0 radical (unpaired) electrons. The third-order valence-corrected chi connectivity index (χ3v) is 2.45. The van der Waals surface area contributed by atoms with Gasteiger partial charge in [0.15, 0.2) is 0 Å². The molecule has 0 aliphatic carbocycles. The molecule has 0 N–H and O–H groups in total. The van der Waals surface area contributed by atoms with Crippen LogP contribution in [0.3, 0.4) is 0 Å². The van der Waals surface area contributed by atoms with Crippen LogP contribution >= 0.6 is 0 Å². The largest absolute Gasteiger partial charge is 0.362 e. The minimum Gasteiger partial charge on any atom is -0.362 e. The fourth-order valence-corrected chi connectivity index (χ4v) is 1.59. The number of hydrogen-bond donors (Lipinski definition) is 0. The number of rotatable bonds is 1. The lowest BCUT2D eigenvalue weighted by molar-refractivity contribution is 0.325. The molecule has 1 aliphatic rings. The summed E-state index contributed by atoms with van der Waals surface area (Å²) in [5, 5.41) is 0. The van der Waals surface area contributed by atoms with Crippen molar-refractivity contribution in [2.24, 2.45) is 0 Å². The van der Waals surface area contributed by atoms with Crippen LogP contribution < -0.4 is 0 Å². The van der Waals surface area contributed by atoms with Gasteiger partial charge in [0.2, 0.25) is 0 Å². The zero-order valence-corrected chi connectivity index (χ0v) is 8.17. The van der Waals surface area contributed by atoms with Crippen LogP contribution in [0.4, 0.5) is 4.39 Å². The van der Waals surface area contributed by atoms with E-state index in [1.54, 1.807) is 6.07 Å². The average Bonchev–Trinajstić information content (AvgIpc) is 2.74. The average molecular weight is 190 g/mol. The van der Waals surface area contributed by atoms with Crippen molar-refractivity contribution in [3.05, 3.63) is 35.1 Å². The number of ether oxygens (including phenoxy) is 1. The fraction of sp³-hybridized carbons (Fsp3) is 0.333. The maximum absolute atomic E-state index is 12.9. The Labute approximate surface area is 82.9 Å². The Morgan fingerprint density at radius 3 is 2.64 bits per heavy atom. The molecule has 1 saturated heterocycles. The van der Waals surface area contributed by atoms with Crippen LogP contribution in [-0.4, -0.2) is 5.60 Å². The first kappa shape index (κ1) is 9.23. The van der Waals surface area contributed by atoms with Crippen molar-refractivity contribution < 1.29 is 9.13 Å². The van der Waals surface area contributed by atoms with Crippen molar-refractivity contribution >= 4 is 0 Å². The molecular weight excluding hydrogens is 179 g/mol. The van der Waals surface area contributed by atoms with Crippen molar-refractivity contribution in [3.8, 4) is 12.3 Å². The van der Waals surface area contributed by atoms with Gasteiger partial charge in [0.1, 0.15) is 11.9 Å². The number of terminal acetylenes is 1. The molecule has 0 aromatic heterocycles. The van der Waals surface area contributed by atoms with Gasteiger partial charge < -0.3 is 4.74 Å². The van der Waals surface area contributed by atoms with Crippen LogP contribution in [0.1, 0.15) is 31.1 Å². The van der Waals surface area contributed by atoms with Crippen molar-refractivity contribution in [2.45, 2.75) is 25.6 Å². The summed E-state index contributed by atoms with van der Waals surface area (Å²) in [5.74, 6) is 2.17. The molecule has 1 aromatic carbocycles. The Bertz CT molecular complexity index is 415. The van der Waals surface area contributed by atoms with Crippen LogP contribution in [0.15, 0.2) is 18.2 Å². The van der Waals surface area contributed by atoms with E-state index in [-0.39, 0.29) is 17.5 Å². The van der Waals surface area contributed by atoms with E-state index in [1.165, 1.54) is 12.1 Å². The molecule has 2 rings (SSSR count). The third-order valence-electron chi connectivity index (χ3n) is 2.45. The molecule has 1 heterocycles. The first-order valence-corrected chi connectivity index (χ1v) is 4.48. The highest BCUT2D eigenvalue weighted by atomic mass is 19.1. The van der Waals surface area contributed by atoms with E-state index in [0.717, 1.165) is 5.56 Å². The molecule has 1 fully saturated rings. The summed E-state index contributed by atoms with van der Waals surface area (Å²) in [5.41, 5.74) is 1.32. The topological polar surface area (TPSA) is 12.5 Å². The van der Waals surface area contributed by atoms with Gasteiger partial charge in [-0.15, -0.1) is 6.42 Å². The third kappa shape index (κ3) is 1.40. The van der Waals surface area contributed by atoms with E-state index in [4.69, 9.17) is 11.2 Å². The van der Waals surface area contributed by atoms with Crippen molar-refractivity contribution in [3.63, 3.8) is 0 Å². The zero-order valence-electron chi connectivity index (χ0n) is 8.17. The lowest BCUT2D eigenvalue weighted by Crippen LogP contribution is -1.99. The van der Waals surface area contributed by atoms with E-state index >= 15 is 0 Å². The predicted octanol–water partition coefficient (Wildman–Crippen LogP) is 2.66. The number of epoxide rings is 1. The Hall–Kier alpha value is -1.33. The summed E-state index contributed by atoms with van der Waals surface area (Å²) in [6.07, 6.45) is 5.31. The summed E-state index contributed by atoms with van der Waals surface area (Å²) >= 11 is 0. The Kier molecular flexibility index (Phi) is 1.87. The van der Waals surface area contributed by atoms with E-state index in [1.807, 2.05) is 13.8 Å². The molecule has 1 aliphatic heterocycles. The zero-order chi connectivity index (χ0) is 10.3. The smallest absolute Gasteiger partial charge is 0.124 e. The molecule has 1 aromatic rings. The van der Waals surface area contributed by atoms with E-state index in [0.29, 0.717) is 5.56 Å². The van der Waals surface area contributed by atoms with Gasteiger partial charge in [-0.25, -0.2) is 4.39 Å². The monoisotopic (exact) mass is 190 g/mol. The van der Waals surface area contributed by atoms with Crippen LogP contribution in [0.2, 0.25) is 0 Å². The van der Waals surface area contributed by atoms with Crippen LogP contribution in [0.25, 0.3) is 0 Å². The second-order valence-corrected chi connectivity index (χ2v) is 3.98. The summed E-state index contributed by atoms with van der Waals surface area (Å²) < 4.78 is 18.3. The SMILES string of the molecule is C#Cc1cc(F)ccc1C1OC1(C)C. The van der Waals surface area contributed by atoms with Crippen molar-refractivity contribution in [1.29, 1.82) is 0 Å². The second kappa shape index (κ2) is 2.83. The van der Waals surface area contributed by atoms with E-state index < -0.39 is 0 Å². The molecule has 0 spiro atoms. The molecule has 72 valence electrons. The van der Waals surface area contributed by atoms with Gasteiger partial charge in [-0.3, -0.25) is 0 Å². The minimum atomic E-state index is -0.305. The maximum atomic E-state index is 12.9. The highest BCUT2D eigenvalue weighted by molar-refractivity contribution is 5.44. The van der Waals surface area contributed by atoms with Gasteiger partial charge in [-0.2, -0.15) is 0 Å². The standard InChI is InChI=1S/C12H11FO/c1-4-8-7-9(13)5-6-10(8)11-12(2,3)14-11/h1,5-7,11H,2-3H3. The van der Waals surface area contributed by atoms with Crippen LogP contribution in [0, 0.1) is 18.2 Å². The quantitative estimate of drug-likeness (QED) is 0.490. The van der Waals surface area contributed by atoms with Gasteiger partial charge in [-0.1, -0.05) is 12.0 Å². The van der Waals surface area contributed by atoms with E-state index in [2.05, 4.69) is 5.92 Å². The molecule has 1 atom stereocenters. The first-order valence-electron chi connectivity index (χ1n) is 4.48. The lowest BCUT2D eigenvalue weighted by atomic mass is 9.98. The molecule has 2 heteroatoms. The highest BCUT2D eigenvalue weighted by Gasteiger charge is 2.49. The fourth-order valence-electron chi connectivity index (χ4n) is 1.59. The molecule has 0 amide bonds. The lowest BCUT2D eigenvalue weighted by Gasteiger charge is -2.02. The highest BCUT2D eigenvalue weighted by Crippen LogP contribution is 2.49. The molecule has 0 bridgehead atoms. The van der Waals surface area contributed by atoms with Gasteiger partial charge >= 0.3 is 0 Å². The normalized spacial score (nSPS) is 22.9. The van der Waals surface area contributed by atoms with Gasteiger partial charge in [0.05, 0.1) is 5.60 Å². The molecule has 1 nitrogen and oxygen atoms in total. The minimum absolute atomic E-state index is 0.00847. The summed E-state index contributed by atoms with van der Waals surface area (Å²) in [4.78, 5) is 0. The molecule has 14 heavy (non-hydrogen) atoms. The van der Waals surface area contributed by atoms with Crippen molar-refractivity contribution in [1.82, 2.24) is 0 Å². The Morgan fingerprint density at radius 1 is 1.50 bits per heavy atom. The van der Waals surface area contributed by atoms with Crippen molar-refractivity contribution in [2.75, 3.05) is 0 Å². The second-order valence-electron chi connectivity index (χ2n) is 3.98. The molecule has 0 saturated carbocycles. The van der Waals surface area contributed by atoms with Crippen LogP contribution in [0.5, 0.6) is 0 Å². The number of benzene rings is 1. The predicted molar refractivity (Wildman–Crippen MR) is 52.2 cm³/mol. The van der Waals surface area contributed by atoms with Gasteiger partial charge in [0, 0.05) is 5.56 Å². The molecular formula is C12H11FO. The Balaban J connectivity index is 2.41. The number of hydrogen-bond acceptors (Lipinski definition) is 1. The maximum Gasteiger partial charge on any atom is 0.124 e. The van der Waals surface area contributed by atoms with Gasteiger partial charge in [-0.05, 0) is 31.5 Å². The van der Waals surface area contributed by atoms with Gasteiger partial charge in [0.25, 0.3) is 0 Å². The Morgan fingerprint density at radius 2 is 2.14 bits per heavy atom. The van der Waals surface area contributed by atoms with E-state index in [9.17, 15) is 4.39 Å². The molecule has 1 unspecified atom stereocenters. The summed E-state index contributed by atoms with van der Waals surface area (Å²) in [6.45, 7) is 3.97.